The highest BCUT2D eigenvalue weighted by Crippen LogP contribution is 2.49. The lowest BCUT2D eigenvalue weighted by Crippen LogP contribution is -2.54. The summed E-state index contributed by atoms with van der Waals surface area (Å²) in [6.45, 7) is 7.09. The molecule has 0 saturated heterocycles. The summed E-state index contributed by atoms with van der Waals surface area (Å²) >= 11 is 3.80. The highest BCUT2D eigenvalue weighted by atomic mass is 32.1. The van der Waals surface area contributed by atoms with E-state index in [0.717, 1.165) is 0 Å². The smallest absolute Gasteiger partial charge is 0.248 e. The Morgan fingerprint density at radius 1 is 0.429 bits per heavy atom. The van der Waals surface area contributed by atoms with Crippen LogP contribution in [0.3, 0.4) is 0 Å². The van der Waals surface area contributed by atoms with Gasteiger partial charge < -0.3 is 4.90 Å². The van der Waals surface area contributed by atoms with Gasteiger partial charge >= 0.3 is 0 Å². The van der Waals surface area contributed by atoms with E-state index in [4.69, 9.17) is 0 Å². The molecule has 264 valence electrons. The predicted molar refractivity (Wildman–Crippen MR) is 247 cm³/mol. The van der Waals surface area contributed by atoms with E-state index in [0.29, 0.717) is 0 Å². The summed E-state index contributed by atoms with van der Waals surface area (Å²) < 4.78 is 5.34. The molecule has 2 aromatic heterocycles. The molecule has 0 aliphatic carbocycles. The Morgan fingerprint density at radius 2 is 1.12 bits per heavy atom. The van der Waals surface area contributed by atoms with Gasteiger partial charge in [0.15, 0.2) is 0 Å². The van der Waals surface area contributed by atoms with Crippen molar-refractivity contribution in [3.8, 4) is 33.4 Å². The van der Waals surface area contributed by atoms with E-state index in [2.05, 4.69) is 189 Å². The molecule has 0 spiro atoms. The van der Waals surface area contributed by atoms with Crippen LogP contribution in [0.2, 0.25) is 0 Å². The maximum atomic E-state index is 2.63. The Hall–Kier alpha value is -5.94. The van der Waals surface area contributed by atoms with Crippen LogP contribution in [0.25, 0.3) is 73.7 Å². The molecule has 0 atom stereocenters. The van der Waals surface area contributed by atoms with Gasteiger partial charge in [-0.1, -0.05) is 135 Å². The van der Waals surface area contributed by atoms with E-state index in [-0.39, 0.29) is 12.1 Å². The third-order valence-electron chi connectivity index (χ3n) is 12.2. The van der Waals surface area contributed by atoms with Crippen LogP contribution < -0.4 is 21.3 Å². The molecule has 12 rings (SSSR count). The predicted octanol–water partition coefficient (Wildman–Crippen LogP) is 13.3. The molecule has 8 aromatic carbocycles. The molecular formula is C52H36BNS2. The topological polar surface area (TPSA) is 3.24 Å². The summed E-state index contributed by atoms with van der Waals surface area (Å²) in [6.07, 6.45) is 0. The van der Waals surface area contributed by atoms with Gasteiger partial charge in [0, 0.05) is 57.3 Å². The average Bonchev–Trinajstić information content (AvgIpc) is 3.90. The summed E-state index contributed by atoms with van der Waals surface area (Å²) in [6, 6.07) is 62.1. The average molecular weight is 750 g/mol. The summed E-state index contributed by atoms with van der Waals surface area (Å²) in [7, 11) is 0. The Bertz CT molecular complexity index is 3250. The third-order valence-corrected chi connectivity index (χ3v) is 14.5. The standard InChI is InChI=1S/C52H36BNS2/c1-52(2,3)33-24-25-43(38(28-33)31-14-5-4-6-15-31)54-44-29-39-36-17-8-11-21-46(36)56-49(39)30-42(44)53-41-20-10-7-16-35(41)40-26-32(27-45(54)51(40)53)34-19-13-23-48-50(34)37-18-9-12-22-47(37)55-48/h4-30H,1-3H3. The Balaban J connectivity index is 1.23. The lowest BCUT2D eigenvalue weighted by Gasteiger charge is -2.38. The second-order valence-corrected chi connectivity index (χ2v) is 18.6. The summed E-state index contributed by atoms with van der Waals surface area (Å²) in [5.74, 6) is 0. The highest BCUT2D eigenvalue weighted by molar-refractivity contribution is 7.26. The Kier molecular flexibility index (Phi) is 6.80. The summed E-state index contributed by atoms with van der Waals surface area (Å²) in [4.78, 5) is 2.63. The second kappa shape index (κ2) is 11.8. The molecule has 0 saturated carbocycles. The van der Waals surface area contributed by atoms with Crippen molar-refractivity contribution in [2.45, 2.75) is 26.2 Å². The van der Waals surface area contributed by atoms with Crippen LogP contribution in [0.5, 0.6) is 0 Å². The number of benzene rings is 8. The number of hydrogen-bond donors (Lipinski definition) is 0. The number of thiophene rings is 2. The van der Waals surface area contributed by atoms with Crippen LogP contribution in [0, 0.1) is 0 Å². The second-order valence-electron chi connectivity index (χ2n) is 16.4. The summed E-state index contributed by atoms with van der Waals surface area (Å²) in [5, 5.41) is 5.32. The monoisotopic (exact) mass is 749 g/mol. The molecule has 56 heavy (non-hydrogen) atoms. The van der Waals surface area contributed by atoms with Crippen molar-refractivity contribution in [1.82, 2.24) is 0 Å². The van der Waals surface area contributed by atoms with Gasteiger partial charge in [0.05, 0.1) is 5.69 Å². The zero-order chi connectivity index (χ0) is 37.3. The fourth-order valence-corrected chi connectivity index (χ4v) is 11.9. The maximum Gasteiger partial charge on any atom is 0.248 e. The molecule has 2 aliphatic heterocycles. The minimum Gasteiger partial charge on any atom is -0.311 e. The van der Waals surface area contributed by atoms with E-state index >= 15 is 0 Å². The number of nitrogens with zero attached hydrogens (tertiary/aromatic N) is 1. The van der Waals surface area contributed by atoms with E-state index in [1.165, 1.54) is 113 Å². The SMILES string of the molecule is CC(C)(C)c1ccc(N2c3cc4c(cc3B3c5ccccc5-c5cc(-c6cccc7sc8ccccc8c67)cc2c53)sc2ccccc24)c(-c2ccccc2)c1. The molecule has 0 amide bonds. The molecule has 0 N–H and O–H groups in total. The van der Waals surface area contributed by atoms with Gasteiger partial charge in [-0.15, -0.1) is 22.7 Å². The van der Waals surface area contributed by atoms with Crippen molar-refractivity contribution in [2.24, 2.45) is 0 Å². The van der Waals surface area contributed by atoms with Crippen molar-refractivity contribution < 1.29 is 0 Å². The van der Waals surface area contributed by atoms with Crippen molar-refractivity contribution >= 4 is 103 Å². The Labute approximate surface area is 335 Å². The number of rotatable bonds is 3. The molecular weight excluding hydrogens is 714 g/mol. The van der Waals surface area contributed by atoms with Crippen molar-refractivity contribution in [2.75, 3.05) is 4.90 Å². The van der Waals surface area contributed by atoms with Crippen LogP contribution >= 0.6 is 22.7 Å². The van der Waals surface area contributed by atoms with Crippen LogP contribution in [-0.4, -0.2) is 6.71 Å². The van der Waals surface area contributed by atoms with E-state index in [1.807, 2.05) is 22.7 Å². The highest BCUT2D eigenvalue weighted by Gasteiger charge is 2.43. The van der Waals surface area contributed by atoms with Crippen LogP contribution in [-0.2, 0) is 5.41 Å². The zero-order valence-electron chi connectivity index (χ0n) is 31.4. The Morgan fingerprint density at radius 3 is 1.96 bits per heavy atom. The van der Waals surface area contributed by atoms with Gasteiger partial charge in [-0.3, -0.25) is 0 Å². The van der Waals surface area contributed by atoms with Crippen molar-refractivity contribution in [3.05, 3.63) is 169 Å². The zero-order valence-corrected chi connectivity index (χ0v) is 33.1. The largest absolute Gasteiger partial charge is 0.311 e. The minimum absolute atomic E-state index is 0.000480. The fraction of sp³-hybridized carbons (Fsp3) is 0.0769. The lowest BCUT2D eigenvalue weighted by molar-refractivity contribution is 0.590. The van der Waals surface area contributed by atoms with E-state index in [1.54, 1.807) is 0 Å². The van der Waals surface area contributed by atoms with Gasteiger partial charge in [0.25, 0.3) is 0 Å². The first kappa shape index (κ1) is 32.3. The van der Waals surface area contributed by atoms with Crippen molar-refractivity contribution in [3.63, 3.8) is 0 Å². The third kappa shape index (κ3) is 4.60. The minimum atomic E-state index is -0.000480. The first-order valence-electron chi connectivity index (χ1n) is 19.5. The van der Waals surface area contributed by atoms with Gasteiger partial charge in [-0.05, 0) is 104 Å². The molecule has 4 heteroatoms. The first-order valence-corrected chi connectivity index (χ1v) is 21.2. The van der Waals surface area contributed by atoms with Gasteiger partial charge in [-0.2, -0.15) is 0 Å². The van der Waals surface area contributed by atoms with E-state index < -0.39 is 0 Å². The molecule has 1 nitrogen and oxygen atoms in total. The van der Waals surface area contributed by atoms with Crippen LogP contribution in [0.4, 0.5) is 17.1 Å². The number of hydrogen-bond acceptors (Lipinski definition) is 3. The first-order chi connectivity index (χ1) is 27.4. The normalized spacial score (nSPS) is 13.2. The van der Waals surface area contributed by atoms with Gasteiger partial charge in [-0.25, -0.2) is 0 Å². The number of anilines is 3. The molecule has 0 fully saturated rings. The molecule has 10 aromatic rings. The van der Waals surface area contributed by atoms with Crippen molar-refractivity contribution in [1.29, 1.82) is 0 Å². The molecule has 0 unspecified atom stereocenters. The quantitative estimate of drug-likeness (QED) is 0.163. The van der Waals surface area contributed by atoms with Gasteiger partial charge in [0.2, 0.25) is 6.71 Å². The fourth-order valence-electron chi connectivity index (χ4n) is 9.63. The van der Waals surface area contributed by atoms with E-state index in [9.17, 15) is 0 Å². The molecule has 2 aliphatic rings. The van der Waals surface area contributed by atoms with Crippen LogP contribution in [0.15, 0.2) is 164 Å². The molecule has 0 radical (unpaired) electrons. The number of fused-ring (bicyclic) bond motifs is 11. The van der Waals surface area contributed by atoms with Crippen LogP contribution in [0.1, 0.15) is 26.3 Å². The summed E-state index contributed by atoms with van der Waals surface area (Å²) in [5.41, 5.74) is 16.9. The lowest BCUT2D eigenvalue weighted by atomic mass is 9.37. The molecule has 4 heterocycles. The maximum absolute atomic E-state index is 2.63. The molecule has 0 bridgehead atoms. The van der Waals surface area contributed by atoms with Gasteiger partial charge in [0.1, 0.15) is 0 Å².